The molecule has 0 aromatic carbocycles. The molecule has 0 N–H and O–H groups in total. The number of pyridine rings is 1. The summed E-state index contributed by atoms with van der Waals surface area (Å²) in [5.41, 5.74) is 0.342. The molecule has 1 aliphatic rings. The number of ether oxygens (including phenoxy) is 2. The van der Waals surface area contributed by atoms with Gasteiger partial charge in [-0.3, -0.25) is 4.90 Å². The Morgan fingerprint density at radius 3 is 3.06 bits per heavy atom. The Morgan fingerprint density at radius 2 is 2.29 bits per heavy atom. The van der Waals surface area contributed by atoms with Crippen molar-refractivity contribution in [2.75, 3.05) is 39.5 Å². The van der Waals surface area contributed by atoms with Gasteiger partial charge in [0.05, 0.1) is 13.2 Å². The van der Waals surface area contributed by atoms with Gasteiger partial charge in [-0.1, -0.05) is 0 Å². The summed E-state index contributed by atoms with van der Waals surface area (Å²) >= 11 is 0. The monoisotopic (exact) mass is 233 g/mol. The van der Waals surface area contributed by atoms with Crippen molar-refractivity contribution in [1.29, 1.82) is 5.26 Å². The molecule has 0 amide bonds. The molecule has 0 unspecified atom stereocenters. The lowest BCUT2D eigenvalue weighted by atomic mass is 10.3. The molecule has 1 saturated heterocycles. The van der Waals surface area contributed by atoms with Crippen LogP contribution in [0.3, 0.4) is 0 Å². The minimum absolute atomic E-state index is 0.342. The van der Waals surface area contributed by atoms with Crippen LogP contribution >= 0.6 is 0 Å². The number of hydrogen-bond acceptors (Lipinski definition) is 5. The quantitative estimate of drug-likeness (QED) is 0.764. The average Bonchev–Trinajstić information content (AvgIpc) is 2.40. The maximum atomic E-state index is 8.85. The van der Waals surface area contributed by atoms with Gasteiger partial charge < -0.3 is 9.47 Å². The average molecular weight is 233 g/mol. The van der Waals surface area contributed by atoms with Gasteiger partial charge in [-0.25, -0.2) is 4.98 Å². The third kappa shape index (κ3) is 3.41. The molecular weight excluding hydrogens is 218 g/mol. The maximum absolute atomic E-state index is 8.85. The molecule has 2 rings (SSSR count). The normalized spacial score (nSPS) is 16.4. The first-order chi connectivity index (χ1) is 8.40. The third-order valence-electron chi connectivity index (χ3n) is 2.65. The lowest BCUT2D eigenvalue weighted by Crippen LogP contribution is -2.38. The van der Waals surface area contributed by atoms with E-state index in [0.29, 0.717) is 18.1 Å². The van der Waals surface area contributed by atoms with Crippen LogP contribution in [0.2, 0.25) is 0 Å². The molecule has 1 fully saturated rings. The maximum Gasteiger partial charge on any atom is 0.182 e. The smallest absolute Gasteiger partial charge is 0.182 e. The molecule has 0 bridgehead atoms. The molecule has 0 atom stereocenters. The van der Waals surface area contributed by atoms with Crippen LogP contribution in [0, 0.1) is 11.3 Å². The van der Waals surface area contributed by atoms with Gasteiger partial charge in [0.25, 0.3) is 0 Å². The minimum Gasteiger partial charge on any atom is -0.489 e. The van der Waals surface area contributed by atoms with E-state index in [2.05, 4.69) is 9.88 Å². The van der Waals surface area contributed by atoms with Gasteiger partial charge in [0, 0.05) is 25.8 Å². The summed E-state index contributed by atoms with van der Waals surface area (Å²) < 4.78 is 10.8. The van der Waals surface area contributed by atoms with Crippen molar-refractivity contribution in [2.24, 2.45) is 0 Å². The van der Waals surface area contributed by atoms with Crippen LogP contribution in [0.5, 0.6) is 5.75 Å². The predicted molar refractivity (Wildman–Crippen MR) is 61.7 cm³/mol. The van der Waals surface area contributed by atoms with Crippen LogP contribution in [-0.4, -0.2) is 49.3 Å². The SMILES string of the molecule is N#Cc1ncccc1OCCN1CCOCC1. The van der Waals surface area contributed by atoms with Crippen molar-refractivity contribution in [3.05, 3.63) is 24.0 Å². The lowest BCUT2D eigenvalue weighted by molar-refractivity contribution is 0.0322. The van der Waals surface area contributed by atoms with Crippen LogP contribution < -0.4 is 4.74 Å². The highest BCUT2D eigenvalue weighted by atomic mass is 16.5. The highest BCUT2D eigenvalue weighted by Crippen LogP contribution is 2.13. The van der Waals surface area contributed by atoms with Crippen molar-refractivity contribution >= 4 is 0 Å². The molecule has 0 radical (unpaired) electrons. The fraction of sp³-hybridized carbons (Fsp3) is 0.500. The molecule has 5 nitrogen and oxygen atoms in total. The summed E-state index contributed by atoms with van der Waals surface area (Å²) in [5, 5.41) is 8.85. The zero-order valence-electron chi connectivity index (χ0n) is 9.63. The molecule has 0 saturated carbocycles. The Morgan fingerprint density at radius 1 is 1.47 bits per heavy atom. The molecular formula is C12H15N3O2. The molecule has 1 aliphatic heterocycles. The topological polar surface area (TPSA) is 58.4 Å². The fourth-order valence-corrected chi connectivity index (χ4v) is 1.70. The van der Waals surface area contributed by atoms with Crippen molar-refractivity contribution < 1.29 is 9.47 Å². The molecule has 0 spiro atoms. The summed E-state index contributed by atoms with van der Waals surface area (Å²) in [5.74, 6) is 0.559. The number of nitrogens with zero attached hydrogens (tertiary/aromatic N) is 3. The largest absolute Gasteiger partial charge is 0.489 e. The molecule has 2 heterocycles. The molecule has 1 aromatic heterocycles. The van der Waals surface area contributed by atoms with E-state index < -0.39 is 0 Å². The van der Waals surface area contributed by atoms with Crippen molar-refractivity contribution in [2.45, 2.75) is 0 Å². The lowest BCUT2D eigenvalue weighted by Gasteiger charge is -2.26. The van der Waals surface area contributed by atoms with E-state index in [9.17, 15) is 0 Å². The van der Waals surface area contributed by atoms with E-state index in [1.165, 1.54) is 0 Å². The first-order valence-electron chi connectivity index (χ1n) is 5.68. The van der Waals surface area contributed by atoms with Crippen molar-refractivity contribution in [1.82, 2.24) is 9.88 Å². The molecule has 1 aromatic rings. The van der Waals surface area contributed by atoms with E-state index in [1.807, 2.05) is 6.07 Å². The second-order valence-electron chi connectivity index (χ2n) is 3.76. The predicted octanol–water partition coefficient (Wildman–Crippen LogP) is 0.664. The van der Waals surface area contributed by atoms with E-state index in [1.54, 1.807) is 18.3 Å². The van der Waals surface area contributed by atoms with Gasteiger partial charge in [0.1, 0.15) is 12.7 Å². The standard InChI is InChI=1S/C12H15N3O2/c13-10-11-12(2-1-3-14-11)17-9-6-15-4-7-16-8-5-15/h1-3H,4-9H2. The van der Waals surface area contributed by atoms with E-state index in [4.69, 9.17) is 14.7 Å². The van der Waals surface area contributed by atoms with Gasteiger partial charge in [0.2, 0.25) is 0 Å². The highest BCUT2D eigenvalue weighted by Gasteiger charge is 2.10. The minimum atomic E-state index is 0.342. The first-order valence-corrected chi connectivity index (χ1v) is 5.68. The Labute approximate surface area is 101 Å². The van der Waals surface area contributed by atoms with Crippen LogP contribution in [0.25, 0.3) is 0 Å². The zero-order chi connectivity index (χ0) is 11.9. The van der Waals surface area contributed by atoms with Crippen LogP contribution in [-0.2, 0) is 4.74 Å². The van der Waals surface area contributed by atoms with E-state index >= 15 is 0 Å². The Kier molecular flexibility index (Phi) is 4.30. The Hall–Kier alpha value is -1.64. The van der Waals surface area contributed by atoms with Gasteiger partial charge in [-0.05, 0) is 12.1 Å². The number of aromatic nitrogens is 1. The summed E-state index contributed by atoms with van der Waals surface area (Å²) in [7, 11) is 0. The second kappa shape index (κ2) is 6.18. The molecule has 17 heavy (non-hydrogen) atoms. The zero-order valence-corrected chi connectivity index (χ0v) is 9.63. The van der Waals surface area contributed by atoms with Crippen molar-refractivity contribution in [3.63, 3.8) is 0 Å². The second-order valence-corrected chi connectivity index (χ2v) is 3.76. The molecule has 90 valence electrons. The van der Waals surface area contributed by atoms with E-state index in [0.717, 1.165) is 32.8 Å². The summed E-state index contributed by atoms with van der Waals surface area (Å²) in [4.78, 5) is 6.23. The van der Waals surface area contributed by atoms with Crippen molar-refractivity contribution in [3.8, 4) is 11.8 Å². The summed E-state index contributed by atoms with van der Waals surface area (Å²) in [6.07, 6.45) is 1.59. The van der Waals surface area contributed by atoms with Gasteiger partial charge >= 0.3 is 0 Å². The first kappa shape index (κ1) is 11.8. The summed E-state index contributed by atoms with van der Waals surface area (Å²) in [6, 6.07) is 5.55. The number of rotatable bonds is 4. The van der Waals surface area contributed by atoms with Gasteiger partial charge in [-0.15, -0.1) is 0 Å². The van der Waals surface area contributed by atoms with E-state index in [-0.39, 0.29) is 0 Å². The summed E-state index contributed by atoms with van der Waals surface area (Å²) in [6.45, 7) is 4.89. The van der Waals surface area contributed by atoms with Crippen LogP contribution in [0.4, 0.5) is 0 Å². The van der Waals surface area contributed by atoms with Crippen LogP contribution in [0.1, 0.15) is 5.69 Å². The third-order valence-corrected chi connectivity index (χ3v) is 2.65. The molecule has 0 aliphatic carbocycles. The number of nitriles is 1. The van der Waals surface area contributed by atoms with Gasteiger partial charge in [-0.2, -0.15) is 5.26 Å². The fourth-order valence-electron chi connectivity index (χ4n) is 1.70. The number of hydrogen-bond donors (Lipinski definition) is 0. The Balaban J connectivity index is 1.79. The highest BCUT2D eigenvalue weighted by molar-refractivity contribution is 5.36. The molecule has 5 heteroatoms. The Bertz CT molecular complexity index is 397. The van der Waals surface area contributed by atoms with Crippen LogP contribution in [0.15, 0.2) is 18.3 Å². The number of morpholine rings is 1. The van der Waals surface area contributed by atoms with Gasteiger partial charge in [0.15, 0.2) is 11.4 Å².